The van der Waals surface area contributed by atoms with Crippen LogP contribution >= 0.6 is 0 Å². The van der Waals surface area contributed by atoms with Crippen molar-refractivity contribution >= 4 is 16.8 Å². The van der Waals surface area contributed by atoms with Crippen LogP contribution in [0.4, 0.5) is 0 Å². The highest BCUT2D eigenvalue weighted by molar-refractivity contribution is 5.84. The molecule has 5 nitrogen and oxygen atoms in total. The molecule has 0 aliphatic rings. The van der Waals surface area contributed by atoms with E-state index in [0.717, 1.165) is 28.1 Å². The van der Waals surface area contributed by atoms with Gasteiger partial charge in [-0.15, -0.1) is 0 Å². The number of likely N-dealkylation sites (N-methyl/N-ethyl adjacent to an activating group) is 1. The first kappa shape index (κ1) is 14.4. The van der Waals surface area contributed by atoms with Crippen LogP contribution in [-0.4, -0.2) is 27.6 Å². The second kappa shape index (κ2) is 5.67. The predicted octanol–water partition coefficient (Wildman–Crippen LogP) is 2.90. The van der Waals surface area contributed by atoms with Crippen LogP contribution in [0.5, 0.6) is 0 Å². The van der Waals surface area contributed by atoms with Gasteiger partial charge in [0.15, 0.2) is 0 Å². The Morgan fingerprint density at radius 2 is 2.05 bits per heavy atom. The van der Waals surface area contributed by atoms with Crippen molar-refractivity contribution in [3.8, 4) is 0 Å². The van der Waals surface area contributed by atoms with Gasteiger partial charge in [-0.1, -0.05) is 23.4 Å². The minimum atomic E-state index is 0.0464. The fraction of sp³-hybridized carbons (Fsp3) is 0.294. The van der Waals surface area contributed by atoms with Gasteiger partial charge in [-0.25, -0.2) is 0 Å². The van der Waals surface area contributed by atoms with E-state index in [1.807, 2.05) is 42.7 Å². The zero-order valence-corrected chi connectivity index (χ0v) is 13.0. The summed E-state index contributed by atoms with van der Waals surface area (Å²) in [5.74, 6) is 0.799. The quantitative estimate of drug-likeness (QED) is 0.744. The Morgan fingerprint density at radius 1 is 1.27 bits per heavy atom. The van der Waals surface area contributed by atoms with Crippen molar-refractivity contribution in [3.63, 3.8) is 0 Å². The molecule has 0 aliphatic heterocycles. The summed E-state index contributed by atoms with van der Waals surface area (Å²) in [6, 6.07) is 12.0. The molecule has 0 fully saturated rings. The SMILES string of the molecule is Cc1cc(CN(C)C(=O)Cn2c(C)cc3ccccc32)no1. The van der Waals surface area contributed by atoms with E-state index in [1.165, 1.54) is 0 Å². The summed E-state index contributed by atoms with van der Waals surface area (Å²) in [6.45, 7) is 4.64. The summed E-state index contributed by atoms with van der Waals surface area (Å²) in [5, 5.41) is 5.08. The lowest BCUT2D eigenvalue weighted by Gasteiger charge is -2.17. The predicted molar refractivity (Wildman–Crippen MR) is 84.4 cm³/mol. The van der Waals surface area contributed by atoms with Crippen LogP contribution in [0.15, 0.2) is 40.9 Å². The number of aromatic nitrogens is 2. The highest BCUT2D eigenvalue weighted by Gasteiger charge is 2.14. The molecule has 0 unspecified atom stereocenters. The molecule has 3 aromatic rings. The van der Waals surface area contributed by atoms with E-state index in [0.29, 0.717) is 13.1 Å². The zero-order chi connectivity index (χ0) is 15.7. The first-order valence-electron chi connectivity index (χ1n) is 7.25. The van der Waals surface area contributed by atoms with Gasteiger partial charge in [-0.3, -0.25) is 4.79 Å². The van der Waals surface area contributed by atoms with Crippen LogP contribution in [0.25, 0.3) is 10.9 Å². The maximum absolute atomic E-state index is 12.5. The van der Waals surface area contributed by atoms with Crippen molar-refractivity contribution in [3.05, 3.63) is 53.5 Å². The molecule has 0 aliphatic carbocycles. The van der Waals surface area contributed by atoms with Crippen molar-refractivity contribution in [1.82, 2.24) is 14.6 Å². The number of rotatable bonds is 4. The number of aryl methyl sites for hydroxylation is 2. The van der Waals surface area contributed by atoms with Crippen molar-refractivity contribution < 1.29 is 9.32 Å². The van der Waals surface area contributed by atoms with Crippen molar-refractivity contribution in [1.29, 1.82) is 0 Å². The molecule has 0 bridgehead atoms. The van der Waals surface area contributed by atoms with Gasteiger partial charge < -0.3 is 14.0 Å². The molecule has 5 heteroatoms. The molecule has 0 spiro atoms. The van der Waals surface area contributed by atoms with E-state index in [-0.39, 0.29) is 5.91 Å². The van der Waals surface area contributed by atoms with Crippen LogP contribution in [0.2, 0.25) is 0 Å². The highest BCUT2D eigenvalue weighted by atomic mass is 16.5. The maximum atomic E-state index is 12.5. The van der Waals surface area contributed by atoms with E-state index < -0.39 is 0 Å². The van der Waals surface area contributed by atoms with Crippen LogP contribution in [0.3, 0.4) is 0 Å². The Hall–Kier alpha value is -2.56. The Balaban J connectivity index is 1.76. The van der Waals surface area contributed by atoms with Gasteiger partial charge >= 0.3 is 0 Å². The van der Waals surface area contributed by atoms with Gasteiger partial charge in [0.25, 0.3) is 0 Å². The Bertz CT molecular complexity index is 816. The molecule has 1 aromatic carbocycles. The lowest BCUT2D eigenvalue weighted by molar-refractivity contribution is -0.131. The van der Waals surface area contributed by atoms with E-state index in [9.17, 15) is 4.79 Å². The van der Waals surface area contributed by atoms with Gasteiger partial charge in [0.05, 0.1) is 6.54 Å². The van der Waals surface area contributed by atoms with Crippen LogP contribution in [0, 0.1) is 13.8 Å². The van der Waals surface area contributed by atoms with Crippen LogP contribution < -0.4 is 0 Å². The summed E-state index contributed by atoms with van der Waals surface area (Å²) in [5.41, 5.74) is 2.93. The molecule has 0 atom stereocenters. The minimum Gasteiger partial charge on any atom is -0.361 e. The number of hydrogen-bond donors (Lipinski definition) is 0. The molecule has 0 saturated heterocycles. The lowest BCUT2D eigenvalue weighted by atomic mass is 10.2. The van der Waals surface area contributed by atoms with Crippen LogP contribution in [0.1, 0.15) is 17.1 Å². The normalized spacial score (nSPS) is 11.0. The molecular formula is C17H19N3O2. The number of carbonyl (C=O) groups is 1. The monoisotopic (exact) mass is 297 g/mol. The molecule has 2 aromatic heterocycles. The molecule has 2 heterocycles. The molecule has 0 radical (unpaired) electrons. The van der Waals surface area contributed by atoms with Crippen LogP contribution in [-0.2, 0) is 17.9 Å². The average molecular weight is 297 g/mol. The lowest BCUT2D eigenvalue weighted by Crippen LogP contribution is -2.30. The number of carbonyl (C=O) groups excluding carboxylic acids is 1. The fourth-order valence-electron chi connectivity index (χ4n) is 2.64. The van der Waals surface area contributed by atoms with Crippen molar-refractivity contribution in [2.75, 3.05) is 7.05 Å². The van der Waals surface area contributed by atoms with Crippen molar-refractivity contribution in [2.24, 2.45) is 0 Å². The minimum absolute atomic E-state index is 0.0464. The van der Waals surface area contributed by atoms with Crippen molar-refractivity contribution in [2.45, 2.75) is 26.9 Å². The number of benzene rings is 1. The van der Waals surface area contributed by atoms with E-state index in [1.54, 1.807) is 11.9 Å². The summed E-state index contributed by atoms with van der Waals surface area (Å²) in [4.78, 5) is 14.1. The number of hydrogen-bond acceptors (Lipinski definition) is 3. The van der Waals surface area contributed by atoms with Gasteiger partial charge in [0, 0.05) is 24.3 Å². The Morgan fingerprint density at radius 3 is 2.77 bits per heavy atom. The third-order valence-electron chi connectivity index (χ3n) is 3.81. The van der Waals surface area contributed by atoms with E-state index >= 15 is 0 Å². The number of amides is 1. The number of nitrogens with zero attached hydrogens (tertiary/aromatic N) is 3. The topological polar surface area (TPSA) is 51.3 Å². The van der Waals surface area contributed by atoms with E-state index in [4.69, 9.17) is 4.52 Å². The molecular weight excluding hydrogens is 278 g/mol. The second-order valence-corrected chi connectivity index (χ2v) is 5.61. The van der Waals surface area contributed by atoms with Gasteiger partial charge in [-0.2, -0.15) is 0 Å². The Kier molecular flexibility index (Phi) is 3.71. The summed E-state index contributed by atoms with van der Waals surface area (Å²) in [7, 11) is 1.79. The fourth-order valence-corrected chi connectivity index (χ4v) is 2.64. The standard InChI is InChI=1S/C17H19N3O2/c1-12-8-14-6-4-5-7-16(14)20(12)11-17(21)19(3)10-15-9-13(2)22-18-15/h4-9H,10-11H2,1-3H3. The van der Waals surface area contributed by atoms with Gasteiger partial charge in [-0.05, 0) is 31.4 Å². The molecule has 0 saturated carbocycles. The Labute approximate surface area is 129 Å². The van der Waals surface area contributed by atoms with Gasteiger partial charge in [0.2, 0.25) is 5.91 Å². The highest BCUT2D eigenvalue weighted by Crippen LogP contribution is 2.19. The third kappa shape index (κ3) is 2.74. The first-order valence-corrected chi connectivity index (χ1v) is 7.25. The summed E-state index contributed by atoms with van der Waals surface area (Å²) >= 11 is 0. The molecule has 22 heavy (non-hydrogen) atoms. The maximum Gasteiger partial charge on any atom is 0.242 e. The average Bonchev–Trinajstić information content (AvgIpc) is 3.03. The summed E-state index contributed by atoms with van der Waals surface area (Å²) in [6.07, 6.45) is 0. The first-order chi connectivity index (χ1) is 10.5. The molecule has 114 valence electrons. The van der Waals surface area contributed by atoms with E-state index in [2.05, 4.69) is 17.3 Å². The largest absolute Gasteiger partial charge is 0.361 e. The number of fused-ring (bicyclic) bond motifs is 1. The van der Waals surface area contributed by atoms with Gasteiger partial charge in [0.1, 0.15) is 18.0 Å². The molecule has 1 amide bonds. The molecule has 0 N–H and O–H groups in total. The third-order valence-corrected chi connectivity index (χ3v) is 3.81. The zero-order valence-electron chi connectivity index (χ0n) is 13.0. The summed E-state index contributed by atoms with van der Waals surface area (Å²) < 4.78 is 7.08. The second-order valence-electron chi connectivity index (χ2n) is 5.61. The smallest absolute Gasteiger partial charge is 0.242 e. The molecule has 3 rings (SSSR count). The number of para-hydroxylation sites is 1.